The van der Waals surface area contributed by atoms with E-state index in [2.05, 4.69) is 12.2 Å². The summed E-state index contributed by atoms with van der Waals surface area (Å²) in [7, 11) is 0. The van der Waals surface area contributed by atoms with Crippen molar-refractivity contribution in [3.05, 3.63) is 35.1 Å². The normalized spacial score (nSPS) is 22.4. The highest BCUT2D eigenvalue weighted by Gasteiger charge is 2.25. The number of nitrogens with zero attached hydrogens (tertiary/aromatic N) is 1. The van der Waals surface area contributed by atoms with Gasteiger partial charge >= 0.3 is 0 Å². The molecule has 1 saturated heterocycles. The number of halogens is 1. The smallest absolute Gasteiger partial charge is 0.127 e. The molecule has 1 aromatic rings. The van der Waals surface area contributed by atoms with Gasteiger partial charge in [-0.05, 0) is 37.0 Å². The molecule has 0 aromatic heterocycles. The zero-order valence-electron chi connectivity index (χ0n) is 11.2. The van der Waals surface area contributed by atoms with Gasteiger partial charge in [-0.15, -0.1) is 0 Å². The van der Waals surface area contributed by atoms with E-state index < -0.39 is 0 Å². The van der Waals surface area contributed by atoms with Crippen LogP contribution < -0.4 is 5.32 Å². The molecule has 0 spiro atoms. The summed E-state index contributed by atoms with van der Waals surface area (Å²) in [5, 5.41) is 12.1. The minimum absolute atomic E-state index is 0.263. The molecular weight excluding hydrogens is 243 g/mol. The summed E-state index contributed by atoms with van der Waals surface area (Å²) < 4.78 is 19.2. The van der Waals surface area contributed by atoms with Gasteiger partial charge in [0.2, 0.25) is 0 Å². The van der Waals surface area contributed by atoms with Gasteiger partial charge < -0.3 is 10.1 Å². The molecule has 1 aliphatic rings. The fraction of sp³-hybridized carbons (Fsp3) is 0.533. The van der Waals surface area contributed by atoms with Crippen LogP contribution in [-0.4, -0.2) is 19.3 Å². The van der Waals surface area contributed by atoms with Crippen LogP contribution in [0.15, 0.2) is 18.2 Å². The number of ether oxygens (including phenoxy) is 1. The molecule has 2 rings (SSSR count). The van der Waals surface area contributed by atoms with E-state index in [9.17, 15) is 4.39 Å². The average Bonchev–Trinajstić information content (AvgIpc) is 2.88. The third-order valence-corrected chi connectivity index (χ3v) is 3.65. The second-order valence-electron chi connectivity index (χ2n) is 4.92. The first-order valence-corrected chi connectivity index (χ1v) is 6.75. The second-order valence-corrected chi connectivity index (χ2v) is 4.92. The summed E-state index contributed by atoms with van der Waals surface area (Å²) in [6, 6.07) is 6.48. The van der Waals surface area contributed by atoms with E-state index in [1.54, 1.807) is 6.07 Å². The maximum atomic E-state index is 13.6. The molecule has 19 heavy (non-hydrogen) atoms. The van der Waals surface area contributed by atoms with E-state index >= 15 is 0 Å². The topological polar surface area (TPSA) is 45.0 Å². The van der Waals surface area contributed by atoms with Crippen LogP contribution >= 0.6 is 0 Å². The Labute approximate surface area is 113 Å². The molecule has 3 nitrogen and oxygen atoms in total. The third-order valence-electron chi connectivity index (χ3n) is 3.65. The number of benzene rings is 1. The predicted molar refractivity (Wildman–Crippen MR) is 71.0 cm³/mol. The summed E-state index contributed by atoms with van der Waals surface area (Å²) in [6.45, 7) is 4.23. The highest BCUT2D eigenvalue weighted by atomic mass is 19.1. The van der Waals surface area contributed by atoms with Crippen LogP contribution in [0.1, 0.15) is 30.9 Å². The second kappa shape index (κ2) is 6.65. The maximum absolute atomic E-state index is 13.6. The van der Waals surface area contributed by atoms with Crippen LogP contribution in [0.5, 0.6) is 0 Å². The lowest BCUT2D eigenvalue weighted by atomic mass is 9.99. The van der Waals surface area contributed by atoms with Crippen LogP contribution in [0.4, 0.5) is 4.39 Å². The Kier molecular flexibility index (Phi) is 4.89. The van der Waals surface area contributed by atoms with Crippen molar-refractivity contribution in [2.45, 2.75) is 32.4 Å². The summed E-state index contributed by atoms with van der Waals surface area (Å²) in [4.78, 5) is 0. The van der Waals surface area contributed by atoms with Crippen LogP contribution in [0.25, 0.3) is 0 Å². The first kappa shape index (κ1) is 14.0. The van der Waals surface area contributed by atoms with Gasteiger partial charge in [-0.25, -0.2) is 4.39 Å². The first-order valence-electron chi connectivity index (χ1n) is 6.75. The molecule has 0 aliphatic carbocycles. The number of nitriles is 1. The molecule has 1 aromatic carbocycles. The quantitative estimate of drug-likeness (QED) is 0.887. The van der Waals surface area contributed by atoms with E-state index in [0.717, 1.165) is 26.0 Å². The molecule has 1 N–H and O–H groups in total. The molecular formula is C15H19FN2O. The van der Waals surface area contributed by atoms with E-state index in [1.165, 1.54) is 12.1 Å². The molecule has 0 amide bonds. The molecule has 2 unspecified atom stereocenters. The van der Waals surface area contributed by atoms with E-state index in [-0.39, 0.29) is 5.82 Å². The van der Waals surface area contributed by atoms with Crippen molar-refractivity contribution >= 4 is 0 Å². The van der Waals surface area contributed by atoms with Gasteiger partial charge in [0.05, 0.1) is 17.7 Å². The molecule has 2 atom stereocenters. The SMILES string of the molecule is CCC1OCCC1CNCc1cc(C#N)ccc1F. The summed E-state index contributed by atoms with van der Waals surface area (Å²) in [5.74, 6) is 0.244. The fourth-order valence-corrected chi connectivity index (χ4v) is 2.55. The zero-order valence-corrected chi connectivity index (χ0v) is 11.2. The van der Waals surface area contributed by atoms with E-state index in [0.29, 0.717) is 29.7 Å². The number of hydrogen-bond acceptors (Lipinski definition) is 3. The highest BCUT2D eigenvalue weighted by molar-refractivity contribution is 5.33. The number of nitrogens with one attached hydrogen (secondary N) is 1. The third kappa shape index (κ3) is 3.52. The highest BCUT2D eigenvalue weighted by Crippen LogP contribution is 2.22. The molecule has 0 bridgehead atoms. The van der Waals surface area contributed by atoms with Crippen LogP contribution in [0.2, 0.25) is 0 Å². The van der Waals surface area contributed by atoms with Crippen molar-refractivity contribution in [3.8, 4) is 6.07 Å². The molecule has 1 aliphatic heterocycles. The Balaban J connectivity index is 1.87. The Bertz CT molecular complexity index is 470. The van der Waals surface area contributed by atoms with Crippen LogP contribution in [-0.2, 0) is 11.3 Å². The Morgan fingerprint density at radius 2 is 2.37 bits per heavy atom. The zero-order chi connectivity index (χ0) is 13.7. The van der Waals surface area contributed by atoms with Crippen molar-refractivity contribution in [1.82, 2.24) is 5.32 Å². The largest absolute Gasteiger partial charge is 0.378 e. The van der Waals surface area contributed by atoms with Crippen molar-refractivity contribution in [1.29, 1.82) is 5.26 Å². The van der Waals surface area contributed by atoms with Gasteiger partial charge in [0.15, 0.2) is 0 Å². The molecule has 0 radical (unpaired) electrons. The van der Waals surface area contributed by atoms with Crippen molar-refractivity contribution in [2.24, 2.45) is 5.92 Å². The van der Waals surface area contributed by atoms with Gasteiger partial charge in [-0.3, -0.25) is 0 Å². The van der Waals surface area contributed by atoms with E-state index in [1.807, 2.05) is 6.07 Å². The Hall–Kier alpha value is -1.44. The standard InChI is InChI=1S/C15H19FN2O/c1-2-15-12(5-6-19-15)9-18-10-13-7-11(8-17)3-4-14(13)16/h3-4,7,12,15,18H,2,5-6,9-10H2,1H3. The summed E-state index contributed by atoms with van der Waals surface area (Å²) in [6.07, 6.45) is 2.40. The predicted octanol–water partition coefficient (Wildman–Crippen LogP) is 2.60. The number of rotatable bonds is 5. The lowest BCUT2D eigenvalue weighted by molar-refractivity contribution is 0.0872. The Morgan fingerprint density at radius 1 is 1.53 bits per heavy atom. The van der Waals surface area contributed by atoms with Gasteiger partial charge in [0.1, 0.15) is 5.82 Å². The molecule has 102 valence electrons. The maximum Gasteiger partial charge on any atom is 0.127 e. The van der Waals surface area contributed by atoms with Crippen molar-refractivity contribution < 1.29 is 9.13 Å². The molecule has 1 heterocycles. The molecule has 0 saturated carbocycles. The van der Waals surface area contributed by atoms with Gasteiger partial charge in [-0.1, -0.05) is 6.92 Å². The summed E-state index contributed by atoms with van der Waals surface area (Å²) >= 11 is 0. The average molecular weight is 262 g/mol. The van der Waals surface area contributed by atoms with Crippen LogP contribution in [0, 0.1) is 23.1 Å². The minimum Gasteiger partial charge on any atom is -0.378 e. The molecule has 4 heteroatoms. The fourth-order valence-electron chi connectivity index (χ4n) is 2.55. The van der Waals surface area contributed by atoms with Crippen molar-refractivity contribution in [2.75, 3.05) is 13.2 Å². The Morgan fingerprint density at radius 3 is 3.11 bits per heavy atom. The van der Waals surface area contributed by atoms with Gasteiger partial charge in [-0.2, -0.15) is 5.26 Å². The van der Waals surface area contributed by atoms with Gasteiger partial charge in [0, 0.05) is 25.3 Å². The monoisotopic (exact) mass is 262 g/mol. The molecule has 1 fully saturated rings. The lowest BCUT2D eigenvalue weighted by Gasteiger charge is -2.17. The van der Waals surface area contributed by atoms with Crippen molar-refractivity contribution in [3.63, 3.8) is 0 Å². The first-order chi connectivity index (χ1) is 9.24. The number of hydrogen-bond donors (Lipinski definition) is 1. The van der Waals surface area contributed by atoms with E-state index in [4.69, 9.17) is 10.00 Å². The minimum atomic E-state index is -0.263. The summed E-state index contributed by atoms with van der Waals surface area (Å²) in [5.41, 5.74) is 1.04. The van der Waals surface area contributed by atoms with Crippen LogP contribution in [0.3, 0.4) is 0 Å². The van der Waals surface area contributed by atoms with Gasteiger partial charge in [0.25, 0.3) is 0 Å². The lowest BCUT2D eigenvalue weighted by Crippen LogP contribution is -2.28.